The number of thiocarbonyl (C=S) groups is 1. The molecule has 0 saturated heterocycles. The minimum atomic E-state index is 0.889. The predicted octanol–water partition coefficient (Wildman–Crippen LogP) is 4.98. The first kappa shape index (κ1) is 11.6. The predicted molar refractivity (Wildman–Crippen MR) is 89.0 cm³/mol. The molecule has 0 unspecified atom stereocenters. The van der Waals surface area contributed by atoms with Gasteiger partial charge < -0.3 is 4.90 Å². The molecule has 1 aliphatic rings. The largest absolute Gasteiger partial charge is 0.300 e. The van der Waals surface area contributed by atoms with E-state index in [1.807, 2.05) is 0 Å². The average Bonchev–Trinajstić information content (AvgIpc) is 2.76. The number of hydrogen-bond donors (Lipinski definition) is 0. The van der Waals surface area contributed by atoms with Gasteiger partial charge in [0.1, 0.15) is 4.99 Å². The monoisotopic (exact) mass is 275 g/mol. The van der Waals surface area contributed by atoms with Crippen LogP contribution in [0.2, 0.25) is 0 Å². The minimum Gasteiger partial charge on any atom is -0.300 e. The summed E-state index contributed by atoms with van der Waals surface area (Å²) in [6.45, 7) is 2.10. The molecular weight excluding hydrogens is 262 g/mol. The SMILES string of the molecule is Cc1ccc(N2C(=S)c3cccc4cccc2c34)cc1. The smallest absolute Gasteiger partial charge is 0.118 e. The minimum absolute atomic E-state index is 0.889. The molecule has 0 spiro atoms. The van der Waals surface area contributed by atoms with Crippen LogP contribution in [0.5, 0.6) is 0 Å². The Labute approximate surface area is 123 Å². The fourth-order valence-electron chi connectivity index (χ4n) is 2.87. The summed E-state index contributed by atoms with van der Waals surface area (Å²) in [5.41, 5.74) is 4.74. The number of nitrogens with zero attached hydrogens (tertiary/aromatic N) is 1. The Kier molecular flexibility index (Phi) is 2.41. The molecule has 0 N–H and O–H groups in total. The maximum Gasteiger partial charge on any atom is 0.118 e. The molecule has 3 aromatic carbocycles. The van der Waals surface area contributed by atoms with Crippen LogP contribution < -0.4 is 4.90 Å². The van der Waals surface area contributed by atoms with Crippen LogP contribution >= 0.6 is 12.2 Å². The van der Waals surface area contributed by atoms with E-state index in [4.69, 9.17) is 12.2 Å². The van der Waals surface area contributed by atoms with E-state index >= 15 is 0 Å². The van der Waals surface area contributed by atoms with Crippen LogP contribution in [0.4, 0.5) is 11.4 Å². The van der Waals surface area contributed by atoms with Gasteiger partial charge in [-0.25, -0.2) is 0 Å². The summed E-state index contributed by atoms with van der Waals surface area (Å²) in [5.74, 6) is 0. The number of benzene rings is 3. The molecule has 4 rings (SSSR count). The molecule has 0 atom stereocenters. The topological polar surface area (TPSA) is 3.24 Å². The van der Waals surface area contributed by atoms with Gasteiger partial charge >= 0.3 is 0 Å². The normalized spacial score (nSPS) is 13.2. The fourth-order valence-corrected chi connectivity index (χ4v) is 3.24. The van der Waals surface area contributed by atoms with Crippen LogP contribution in [0.3, 0.4) is 0 Å². The van der Waals surface area contributed by atoms with Crippen LogP contribution in [-0.2, 0) is 0 Å². The van der Waals surface area contributed by atoms with Gasteiger partial charge in [0, 0.05) is 16.6 Å². The molecular formula is C18H13NS. The van der Waals surface area contributed by atoms with E-state index in [1.165, 1.54) is 22.0 Å². The molecule has 20 heavy (non-hydrogen) atoms. The molecule has 0 aliphatic carbocycles. The van der Waals surface area contributed by atoms with Crippen molar-refractivity contribution in [2.75, 3.05) is 4.90 Å². The van der Waals surface area contributed by atoms with Crippen molar-refractivity contribution in [3.05, 3.63) is 71.8 Å². The Morgan fingerprint density at radius 2 is 1.55 bits per heavy atom. The molecule has 0 aromatic heterocycles. The van der Waals surface area contributed by atoms with E-state index in [2.05, 4.69) is 72.5 Å². The number of rotatable bonds is 1. The van der Waals surface area contributed by atoms with Gasteiger partial charge in [-0.3, -0.25) is 0 Å². The summed E-state index contributed by atoms with van der Waals surface area (Å²) < 4.78 is 0. The lowest BCUT2D eigenvalue weighted by Crippen LogP contribution is -2.19. The molecule has 1 nitrogen and oxygen atoms in total. The molecule has 1 aliphatic heterocycles. The zero-order valence-corrected chi connectivity index (χ0v) is 11.9. The van der Waals surface area contributed by atoms with Gasteiger partial charge in [-0.15, -0.1) is 0 Å². The highest BCUT2D eigenvalue weighted by Crippen LogP contribution is 2.41. The standard InChI is InChI=1S/C18H13NS/c1-12-8-10-14(11-9-12)19-16-7-3-5-13-4-2-6-15(17(13)16)18(19)20/h2-11H,1H3. The first-order valence-corrected chi connectivity index (χ1v) is 7.09. The zero-order chi connectivity index (χ0) is 13.7. The number of aryl methyl sites for hydroxylation is 1. The van der Waals surface area contributed by atoms with Crippen LogP contribution in [0, 0.1) is 6.92 Å². The van der Waals surface area contributed by atoms with Crippen molar-refractivity contribution < 1.29 is 0 Å². The molecule has 0 amide bonds. The van der Waals surface area contributed by atoms with E-state index in [0.29, 0.717) is 0 Å². The maximum absolute atomic E-state index is 5.70. The number of anilines is 2. The molecule has 96 valence electrons. The van der Waals surface area contributed by atoms with E-state index in [9.17, 15) is 0 Å². The highest BCUT2D eigenvalue weighted by molar-refractivity contribution is 7.81. The zero-order valence-electron chi connectivity index (χ0n) is 11.1. The first-order chi connectivity index (χ1) is 9.75. The van der Waals surface area contributed by atoms with Crippen molar-refractivity contribution in [1.82, 2.24) is 0 Å². The summed E-state index contributed by atoms with van der Waals surface area (Å²) in [6.07, 6.45) is 0. The lowest BCUT2D eigenvalue weighted by atomic mass is 10.1. The van der Waals surface area contributed by atoms with Crippen molar-refractivity contribution in [2.45, 2.75) is 6.92 Å². The molecule has 1 heterocycles. The maximum atomic E-state index is 5.70. The van der Waals surface area contributed by atoms with Gasteiger partial charge in [-0.1, -0.05) is 60.2 Å². The Morgan fingerprint density at radius 1 is 0.850 bits per heavy atom. The summed E-state index contributed by atoms with van der Waals surface area (Å²) in [6, 6.07) is 21.2. The van der Waals surface area contributed by atoms with E-state index in [-0.39, 0.29) is 0 Å². The van der Waals surface area contributed by atoms with Gasteiger partial charge in [0.25, 0.3) is 0 Å². The third-order valence-corrected chi connectivity index (χ3v) is 4.25. The van der Waals surface area contributed by atoms with Crippen molar-refractivity contribution in [3.63, 3.8) is 0 Å². The molecule has 0 bridgehead atoms. The summed E-state index contributed by atoms with van der Waals surface area (Å²) in [7, 11) is 0. The Balaban J connectivity index is 1.99. The first-order valence-electron chi connectivity index (χ1n) is 6.68. The van der Waals surface area contributed by atoms with Gasteiger partial charge in [-0.2, -0.15) is 0 Å². The van der Waals surface area contributed by atoms with E-state index in [1.54, 1.807) is 0 Å². The molecule has 0 fully saturated rings. The lowest BCUT2D eigenvalue weighted by Gasteiger charge is -2.20. The molecule has 2 heteroatoms. The van der Waals surface area contributed by atoms with Gasteiger partial charge in [0.05, 0.1) is 5.69 Å². The second-order valence-corrected chi connectivity index (χ2v) is 5.54. The second kappa shape index (κ2) is 4.15. The second-order valence-electron chi connectivity index (χ2n) is 5.16. The Morgan fingerprint density at radius 3 is 2.30 bits per heavy atom. The van der Waals surface area contributed by atoms with Crippen LogP contribution in [0.15, 0.2) is 60.7 Å². The van der Waals surface area contributed by atoms with Crippen LogP contribution in [0.1, 0.15) is 11.1 Å². The van der Waals surface area contributed by atoms with Crippen molar-refractivity contribution >= 4 is 39.4 Å². The van der Waals surface area contributed by atoms with E-state index < -0.39 is 0 Å². The van der Waals surface area contributed by atoms with Crippen LogP contribution in [-0.4, -0.2) is 4.99 Å². The summed E-state index contributed by atoms with van der Waals surface area (Å²) >= 11 is 5.70. The van der Waals surface area contributed by atoms with E-state index in [0.717, 1.165) is 16.2 Å². The van der Waals surface area contributed by atoms with Crippen molar-refractivity contribution in [2.24, 2.45) is 0 Å². The third-order valence-electron chi connectivity index (χ3n) is 3.85. The average molecular weight is 275 g/mol. The van der Waals surface area contributed by atoms with Gasteiger partial charge in [0.2, 0.25) is 0 Å². The van der Waals surface area contributed by atoms with Gasteiger partial charge in [0.15, 0.2) is 0 Å². The highest BCUT2D eigenvalue weighted by atomic mass is 32.1. The molecule has 3 aromatic rings. The van der Waals surface area contributed by atoms with Crippen LogP contribution in [0.25, 0.3) is 10.8 Å². The van der Waals surface area contributed by atoms with Gasteiger partial charge in [-0.05, 0) is 30.5 Å². The van der Waals surface area contributed by atoms with Crippen molar-refractivity contribution in [1.29, 1.82) is 0 Å². The van der Waals surface area contributed by atoms with Crippen molar-refractivity contribution in [3.8, 4) is 0 Å². The molecule has 0 radical (unpaired) electrons. The highest BCUT2D eigenvalue weighted by Gasteiger charge is 2.27. The third kappa shape index (κ3) is 1.52. The Bertz CT molecular complexity index is 828. The fraction of sp³-hybridized carbons (Fsp3) is 0.0556. The molecule has 0 saturated carbocycles. The Hall–Kier alpha value is -2.19. The summed E-state index contributed by atoms with van der Waals surface area (Å²) in [4.78, 5) is 3.06. The lowest BCUT2D eigenvalue weighted by molar-refractivity contribution is 1.38. The summed E-state index contributed by atoms with van der Waals surface area (Å²) in [5, 5.41) is 2.51. The quantitative estimate of drug-likeness (QED) is 0.576. The number of hydrogen-bond acceptors (Lipinski definition) is 1.